The first-order valence-corrected chi connectivity index (χ1v) is 6.89. The van der Waals surface area contributed by atoms with Crippen LogP contribution in [0.3, 0.4) is 0 Å². The van der Waals surface area contributed by atoms with Gasteiger partial charge in [0, 0.05) is 39.3 Å². The largest absolute Gasteiger partial charge is 0.287 e. The van der Waals surface area contributed by atoms with Crippen LogP contribution in [0.15, 0.2) is 12.2 Å². The molecule has 0 unspecified atom stereocenters. The molecule has 3 aliphatic heterocycles. The predicted molar refractivity (Wildman–Crippen MR) is 56.1 cm³/mol. The van der Waals surface area contributed by atoms with Gasteiger partial charge in [-0.1, -0.05) is 12.2 Å². The van der Waals surface area contributed by atoms with Crippen molar-refractivity contribution in [2.45, 2.75) is 6.42 Å². The monoisotopic (exact) mass is 213 g/mol. The quantitative estimate of drug-likeness (QED) is 0.397. The van der Waals surface area contributed by atoms with E-state index in [1.54, 1.807) is 0 Å². The van der Waals surface area contributed by atoms with E-state index in [9.17, 15) is 4.57 Å². The normalized spacial score (nSPS) is 29.4. The Morgan fingerprint density at radius 3 is 1.93 bits per heavy atom. The maximum absolute atomic E-state index is 12.8. The van der Waals surface area contributed by atoms with Gasteiger partial charge in [-0.2, -0.15) is 0 Å². The maximum Gasteiger partial charge on any atom is 0.287 e. The fourth-order valence-corrected chi connectivity index (χ4v) is 4.99. The molecule has 4 nitrogen and oxygen atoms in total. The summed E-state index contributed by atoms with van der Waals surface area (Å²) >= 11 is 0. The van der Waals surface area contributed by atoms with Crippen LogP contribution in [0.2, 0.25) is 0 Å². The Morgan fingerprint density at radius 2 is 1.50 bits per heavy atom. The zero-order valence-electron chi connectivity index (χ0n) is 8.30. The molecular formula is C9H16N3OP. The molecule has 78 valence electrons. The van der Waals surface area contributed by atoms with Crippen molar-refractivity contribution in [1.29, 1.82) is 0 Å². The Bertz CT molecular complexity index is 293. The molecule has 0 atom stereocenters. The second-order valence-corrected chi connectivity index (χ2v) is 6.82. The minimum Gasteiger partial charge on any atom is -0.270 e. The first-order chi connectivity index (χ1) is 6.82. The van der Waals surface area contributed by atoms with Gasteiger partial charge in [-0.3, -0.25) is 4.57 Å². The standard InChI is InChI=1S/C9H16N3OP/c13-14(11-6-7-11,12-8-9-12)10-4-2-1-3-5-10/h1-2H,3-9H2. The van der Waals surface area contributed by atoms with Crippen molar-refractivity contribution >= 4 is 7.59 Å². The van der Waals surface area contributed by atoms with Crippen molar-refractivity contribution < 1.29 is 4.57 Å². The predicted octanol–water partition coefficient (Wildman–Crippen LogP) is 0.988. The highest BCUT2D eigenvalue weighted by Gasteiger charge is 2.51. The number of hydrogen-bond donors (Lipinski definition) is 0. The van der Waals surface area contributed by atoms with E-state index >= 15 is 0 Å². The van der Waals surface area contributed by atoms with Crippen LogP contribution in [-0.4, -0.2) is 53.3 Å². The molecule has 0 N–H and O–H groups in total. The summed E-state index contributed by atoms with van der Waals surface area (Å²) in [5.41, 5.74) is 0. The highest BCUT2D eigenvalue weighted by molar-refractivity contribution is 7.57. The maximum atomic E-state index is 12.8. The van der Waals surface area contributed by atoms with Crippen molar-refractivity contribution in [2.24, 2.45) is 0 Å². The van der Waals surface area contributed by atoms with Crippen LogP contribution in [0.4, 0.5) is 0 Å². The highest BCUT2D eigenvalue weighted by atomic mass is 31.2. The third-order valence-corrected chi connectivity index (χ3v) is 6.36. The van der Waals surface area contributed by atoms with E-state index in [1.165, 1.54) is 0 Å². The van der Waals surface area contributed by atoms with Crippen LogP contribution in [-0.2, 0) is 4.57 Å². The van der Waals surface area contributed by atoms with Crippen LogP contribution in [0.5, 0.6) is 0 Å². The fourth-order valence-electron chi connectivity index (χ4n) is 2.01. The number of nitrogens with zero attached hydrogens (tertiary/aromatic N) is 3. The van der Waals surface area contributed by atoms with Gasteiger partial charge in [0.15, 0.2) is 0 Å². The van der Waals surface area contributed by atoms with Crippen molar-refractivity contribution in [3.05, 3.63) is 12.2 Å². The van der Waals surface area contributed by atoms with E-state index < -0.39 is 7.59 Å². The minimum absolute atomic E-state index is 0.865. The zero-order chi connectivity index (χ0) is 9.60. The number of hydrogen-bond acceptors (Lipinski definition) is 1. The first-order valence-electron chi connectivity index (χ1n) is 5.33. The third-order valence-electron chi connectivity index (χ3n) is 2.99. The first kappa shape index (κ1) is 9.10. The molecule has 3 aliphatic rings. The van der Waals surface area contributed by atoms with E-state index in [0.717, 1.165) is 45.7 Å². The molecule has 0 bridgehead atoms. The molecule has 0 aromatic heterocycles. The summed E-state index contributed by atoms with van der Waals surface area (Å²) in [4.78, 5) is 0. The molecule has 5 heteroatoms. The molecule has 0 radical (unpaired) electrons. The van der Waals surface area contributed by atoms with Crippen LogP contribution >= 0.6 is 7.59 Å². The van der Waals surface area contributed by atoms with Crippen LogP contribution in [0, 0.1) is 0 Å². The summed E-state index contributed by atoms with van der Waals surface area (Å²) in [6.07, 6.45) is 5.38. The van der Waals surface area contributed by atoms with Gasteiger partial charge in [-0.25, -0.2) is 14.0 Å². The Labute approximate surface area is 84.7 Å². The molecule has 0 aromatic rings. The van der Waals surface area contributed by atoms with Gasteiger partial charge in [0.1, 0.15) is 0 Å². The highest BCUT2D eigenvalue weighted by Crippen LogP contribution is 2.62. The van der Waals surface area contributed by atoms with E-state index in [1.807, 2.05) is 0 Å². The van der Waals surface area contributed by atoms with Gasteiger partial charge in [0.25, 0.3) is 7.59 Å². The summed E-state index contributed by atoms with van der Waals surface area (Å²) in [7, 11) is -2.27. The molecule has 14 heavy (non-hydrogen) atoms. The Hall–Kier alpha value is -0.150. The summed E-state index contributed by atoms with van der Waals surface area (Å²) in [5, 5.41) is 0. The SMILES string of the molecule is O=P(N1CC=CCC1)(N1CC1)N1CC1. The van der Waals surface area contributed by atoms with Crippen LogP contribution in [0.1, 0.15) is 6.42 Å². The van der Waals surface area contributed by atoms with Crippen LogP contribution in [0.25, 0.3) is 0 Å². The molecule has 2 fully saturated rings. The van der Waals surface area contributed by atoms with Crippen molar-refractivity contribution in [1.82, 2.24) is 14.0 Å². The van der Waals surface area contributed by atoms with Crippen molar-refractivity contribution in [2.75, 3.05) is 39.3 Å². The number of rotatable bonds is 3. The zero-order valence-corrected chi connectivity index (χ0v) is 9.20. The van der Waals surface area contributed by atoms with Gasteiger partial charge < -0.3 is 0 Å². The lowest BCUT2D eigenvalue weighted by molar-refractivity contribution is 0.384. The van der Waals surface area contributed by atoms with Crippen LogP contribution < -0.4 is 0 Å². The van der Waals surface area contributed by atoms with Crippen molar-refractivity contribution in [3.8, 4) is 0 Å². The summed E-state index contributed by atoms with van der Waals surface area (Å²) in [6, 6.07) is 0. The molecule has 3 rings (SSSR count). The van der Waals surface area contributed by atoms with E-state index in [4.69, 9.17) is 0 Å². The van der Waals surface area contributed by atoms with Crippen molar-refractivity contribution in [3.63, 3.8) is 0 Å². The summed E-state index contributed by atoms with van der Waals surface area (Å²) in [5.74, 6) is 0. The lowest BCUT2D eigenvalue weighted by Gasteiger charge is -2.33. The average molecular weight is 213 g/mol. The lowest BCUT2D eigenvalue weighted by atomic mass is 10.3. The van der Waals surface area contributed by atoms with E-state index in [0.29, 0.717) is 0 Å². The van der Waals surface area contributed by atoms with Gasteiger partial charge in [-0.05, 0) is 6.42 Å². The van der Waals surface area contributed by atoms with Gasteiger partial charge in [0.2, 0.25) is 0 Å². The van der Waals surface area contributed by atoms with Gasteiger partial charge >= 0.3 is 0 Å². The Kier molecular flexibility index (Phi) is 2.06. The molecule has 3 heterocycles. The second kappa shape index (κ2) is 3.17. The average Bonchev–Trinajstić information content (AvgIpc) is 3.06. The van der Waals surface area contributed by atoms with E-state index in [-0.39, 0.29) is 0 Å². The molecule has 0 aliphatic carbocycles. The fraction of sp³-hybridized carbons (Fsp3) is 0.778. The minimum atomic E-state index is -2.27. The molecule has 0 aromatic carbocycles. The van der Waals surface area contributed by atoms with Gasteiger partial charge in [0.05, 0.1) is 0 Å². The molecule has 0 amide bonds. The molecular weight excluding hydrogens is 197 g/mol. The Balaban J connectivity index is 1.83. The van der Waals surface area contributed by atoms with Gasteiger partial charge in [-0.15, -0.1) is 0 Å². The third kappa shape index (κ3) is 1.38. The van der Waals surface area contributed by atoms with E-state index in [2.05, 4.69) is 26.2 Å². The molecule has 2 saturated heterocycles. The smallest absolute Gasteiger partial charge is 0.270 e. The Morgan fingerprint density at radius 1 is 0.857 bits per heavy atom. The summed E-state index contributed by atoms with van der Waals surface area (Å²) in [6.45, 7) is 5.91. The lowest BCUT2D eigenvalue weighted by Crippen LogP contribution is -2.30. The topological polar surface area (TPSA) is 26.3 Å². The summed E-state index contributed by atoms with van der Waals surface area (Å²) < 4.78 is 19.3. The molecule has 0 spiro atoms. The molecule has 0 saturated carbocycles. The second-order valence-electron chi connectivity index (χ2n) is 4.09.